The number of aryl methyl sites for hydroxylation is 3. The average molecular weight is 381 g/mol. The zero-order valence-corrected chi connectivity index (χ0v) is 16.2. The number of nitrogens with zero attached hydrogens (tertiary/aromatic N) is 4. The molecule has 1 aromatic carbocycles. The van der Waals surface area contributed by atoms with E-state index in [2.05, 4.69) is 39.4 Å². The fourth-order valence-corrected chi connectivity index (χ4v) is 3.53. The summed E-state index contributed by atoms with van der Waals surface area (Å²) in [6, 6.07) is 9.59. The molecule has 0 aliphatic carbocycles. The first kappa shape index (κ1) is 18.4. The maximum Gasteiger partial charge on any atom is 0.276 e. The molecule has 0 spiro atoms. The molecule has 1 N–H and O–H groups in total. The molecule has 4 rings (SSSR count). The van der Waals surface area contributed by atoms with E-state index in [0.29, 0.717) is 37.0 Å². The topological polar surface area (TPSA) is 97.1 Å². The third-order valence-electron chi connectivity index (χ3n) is 4.85. The lowest BCUT2D eigenvalue weighted by Gasteiger charge is -2.20. The number of aromatic amines is 1. The van der Waals surface area contributed by atoms with E-state index in [1.807, 2.05) is 19.1 Å². The number of hydrogen-bond donors (Lipinski definition) is 1. The molecule has 8 nitrogen and oxygen atoms in total. The van der Waals surface area contributed by atoms with Crippen molar-refractivity contribution >= 4 is 5.91 Å². The van der Waals surface area contributed by atoms with Gasteiger partial charge in [-0.3, -0.25) is 9.89 Å². The van der Waals surface area contributed by atoms with Gasteiger partial charge in [0.05, 0.1) is 18.8 Å². The number of amides is 1. The molecule has 2 atom stereocenters. The number of aromatic nitrogens is 4. The lowest BCUT2D eigenvalue weighted by atomic mass is 10.1. The van der Waals surface area contributed by atoms with Crippen molar-refractivity contribution in [3.63, 3.8) is 0 Å². The number of ether oxygens (including phenoxy) is 1. The molecule has 1 aliphatic heterocycles. The van der Waals surface area contributed by atoms with Crippen LogP contribution < -0.4 is 0 Å². The smallest absolute Gasteiger partial charge is 0.276 e. The monoisotopic (exact) mass is 381 g/mol. The van der Waals surface area contributed by atoms with E-state index < -0.39 is 0 Å². The van der Waals surface area contributed by atoms with Crippen molar-refractivity contribution in [1.29, 1.82) is 0 Å². The molecular formula is C20H23N5O3. The summed E-state index contributed by atoms with van der Waals surface area (Å²) in [5.41, 5.74) is 2.59. The predicted octanol–water partition coefficient (Wildman–Crippen LogP) is 2.89. The first-order valence-electron chi connectivity index (χ1n) is 9.30. The van der Waals surface area contributed by atoms with Crippen LogP contribution in [0.1, 0.15) is 51.5 Å². The van der Waals surface area contributed by atoms with Gasteiger partial charge < -0.3 is 14.2 Å². The Kier molecular flexibility index (Phi) is 4.95. The van der Waals surface area contributed by atoms with Crippen molar-refractivity contribution in [1.82, 2.24) is 25.2 Å². The first-order chi connectivity index (χ1) is 13.5. The maximum absolute atomic E-state index is 13.0. The fraction of sp³-hybridized carbons (Fsp3) is 0.400. The second-order valence-corrected chi connectivity index (χ2v) is 7.23. The van der Waals surface area contributed by atoms with Gasteiger partial charge >= 0.3 is 0 Å². The highest BCUT2D eigenvalue weighted by molar-refractivity contribution is 5.92. The second-order valence-electron chi connectivity index (χ2n) is 7.23. The van der Waals surface area contributed by atoms with Gasteiger partial charge in [-0.05, 0) is 26.3 Å². The van der Waals surface area contributed by atoms with Crippen LogP contribution in [0, 0.1) is 20.8 Å². The molecule has 1 amide bonds. The van der Waals surface area contributed by atoms with Crippen LogP contribution in [0.2, 0.25) is 0 Å². The summed E-state index contributed by atoms with van der Waals surface area (Å²) < 4.78 is 11.2. The molecule has 1 aliphatic rings. The van der Waals surface area contributed by atoms with E-state index in [-0.39, 0.29) is 23.7 Å². The molecule has 28 heavy (non-hydrogen) atoms. The SMILES string of the molecule is Cc1cccc(CO[C@H]2C[C@@H](c3n[nH]c(C)n3)N(C(=O)c3cc(C)on3)C2)c1. The molecule has 0 bridgehead atoms. The van der Waals surface area contributed by atoms with Gasteiger partial charge in [0.25, 0.3) is 5.91 Å². The van der Waals surface area contributed by atoms with Crippen LogP contribution >= 0.6 is 0 Å². The largest absolute Gasteiger partial charge is 0.372 e. The van der Waals surface area contributed by atoms with Crippen LogP contribution in [-0.2, 0) is 11.3 Å². The number of H-pyrrole nitrogens is 1. The van der Waals surface area contributed by atoms with Crippen LogP contribution in [0.5, 0.6) is 0 Å². The van der Waals surface area contributed by atoms with Gasteiger partial charge in [-0.2, -0.15) is 5.10 Å². The number of rotatable bonds is 5. The Morgan fingerprint density at radius 3 is 2.86 bits per heavy atom. The summed E-state index contributed by atoms with van der Waals surface area (Å²) in [5, 5.41) is 11.0. The van der Waals surface area contributed by atoms with Crippen molar-refractivity contribution in [2.24, 2.45) is 0 Å². The highest BCUT2D eigenvalue weighted by Gasteiger charge is 2.40. The van der Waals surface area contributed by atoms with Gasteiger partial charge in [0.2, 0.25) is 0 Å². The van der Waals surface area contributed by atoms with Gasteiger partial charge in [0.1, 0.15) is 11.6 Å². The summed E-state index contributed by atoms with van der Waals surface area (Å²) >= 11 is 0. The fourth-order valence-electron chi connectivity index (χ4n) is 3.53. The van der Waals surface area contributed by atoms with E-state index in [1.165, 1.54) is 5.56 Å². The maximum atomic E-state index is 13.0. The molecule has 1 saturated heterocycles. The number of carbonyl (C=O) groups is 1. The van der Waals surface area contributed by atoms with Crippen LogP contribution in [0.4, 0.5) is 0 Å². The molecule has 0 saturated carbocycles. The Bertz CT molecular complexity index is 980. The molecule has 0 radical (unpaired) electrons. The van der Waals surface area contributed by atoms with Gasteiger partial charge in [-0.15, -0.1) is 0 Å². The van der Waals surface area contributed by atoms with E-state index in [4.69, 9.17) is 9.26 Å². The zero-order valence-electron chi connectivity index (χ0n) is 16.2. The average Bonchev–Trinajstić information content (AvgIpc) is 3.39. The number of likely N-dealkylation sites (tertiary alicyclic amines) is 1. The van der Waals surface area contributed by atoms with Crippen LogP contribution in [0.3, 0.4) is 0 Å². The van der Waals surface area contributed by atoms with Crippen LogP contribution in [-0.4, -0.2) is 43.8 Å². The number of hydrogen-bond acceptors (Lipinski definition) is 6. The number of benzene rings is 1. The Morgan fingerprint density at radius 2 is 2.18 bits per heavy atom. The van der Waals surface area contributed by atoms with Crippen molar-refractivity contribution in [3.8, 4) is 0 Å². The Balaban J connectivity index is 1.52. The minimum atomic E-state index is -0.267. The Hall–Kier alpha value is -3.00. The third-order valence-corrected chi connectivity index (χ3v) is 4.85. The summed E-state index contributed by atoms with van der Waals surface area (Å²) in [6.45, 7) is 6.61. The third kappa shape index (κ3) is 3.82. The van der Waals surface area contributed by atoms with E-state index in [0.717, 1.165) is 5.56 Å². The minimum Gasteiger partial charge on any atom is -0.372 e. The summed E-state index contributed by atoms with van der Waals surface area (Å²) in [4.78, 5) is 19.1. The Morgan fingerprint density at radius 1 is 1.32 bits per heavy atom. The first-order valence-corrected chi connectivity index (χ1v) is 9.30. The summed E-state index contributed by atoms with van der Waals surface area (Å²) in [7, 11) is 0. The standard InChI is InChI=1S/C20H23N5O3/c1-12-5-4-6-15(7-12)11-27-16-9-18(19-21-14(3)22-23-19)25(10-16)20(26)17-8-13(2)28-24-17/h4-8,16,18H,9-11H2,1-3H3,(H,21,22,23)/t16-,18-/m0/s1. The van der Waals surface area contributed by atoms with Crippen LogP contribution in [0.25, 0.3) is 0 Å². The summed E-state index contributed by atoms with van der Waals surface area (Å²) in [5.74, 6) is 1.70. The van der Waals surface area contributed by atoms with Gasteiger partial charge in [0, 0.05) is 19.0 Å². The molecule has 1 fully saturated rings. The lowest BCUT2D eigenvalue weighted by molar-refractivity contribution is 0.0435. The molecule has 8 heteroatoms. The van der Waals surface area contributed by atoms with Gasteiger partial charge in [0.15, 0.2) is 11.5 Å². The van der Waals surface area contributed by atoms with E-state index in [1.54, 1.807) is 17.9 Å². The predicted molar refractivity (Wildman–Crippen MR) is 101 cm³/mol. The highest BCUT2D eigenvalue weighted by atomic mass is 16.5. The lowest BCUT2D eigenvalue weighted by Crippen LogP contribution is -2.32. The van der Waals surface area contributed by atoms with Crippen molar-refractivity contribution in [3.05, 3.63) is 64.6 Å². The normalized spacial score (nSPS) is 19.3. The second kappa shape index (κ2) is 7.55. The van der Waals surface area contributed by atoms with Crippen molar-refractivity contribution < 1.29 is 14.1 Å². The van der Waals surface area contributed by atoms with Crippen molar-refractivity contribution in [2.75, 3.05) is 6.54 Å². The van der Waals surface area contributed by atoms with E-state index in [9.17, 15) is 4.79 Å². The van der Waals surface area contributed by atoms with Gasteiger partial charge in [-0.1, -0.05) is 35.0 Å². The zero-order chi connectivity index (χ0) is 19.7. The van der Waals surface area contributed by atoms with Crippen molar-refractivity contribution in [2.45, 2.75) is 45.9 Å². The highest BCUT2D eigenvalue weighted by Crippen LogP contribution is 2.33. The number of carbonyl (C=O) groups excluding carboxylic acids is 1. The quantitative estimate of drug-likeness (QED) is 0.730. The molecule has 146 valence electrons. The minimum absolute atomic E-state index is 0.110. The van der Waals surface area contributed by atoms with Gasteiger partial charge in [-0.25, -0.2) is 4.98 Å². The molecule has 3 heterocycles. The summed E-state index contributed by atoms with van der Waals surface area (Å²) in [6.07, 6.45) is 0.521. The molecule has 3 aromatic rings. The Labute approximate surface area is 162 Å². The molecular weight excluding hydrogens is 358 g/mol. The van der Waals surface area contributed by atoms with Crippen LogP contribution in [0.15, 0.2) is 34.9 Å². The number of nitrogens with one attached hydrogen (secondary N) is 1. The molecule has 2 aromatic heterocycles. The molecule has 0 unspecified atom stereocenters. The van der Waals surface area contributed by atoms with E-state index >= 15 is 0 Å².